The average Bonchev–Trinajstić information content (AvgIpc) is 2.37. The van der Waals surface area contributed by atoms with E-state index in [1.54, 1.807) is 0 Å². The molecule has 108 valence electrons. The van der Waals surface area contributed by atoms with Crippen LogP contribution in [0.1, 0.15) is 18.9 Å². The maximum Gasteiger partial charge on any atom is 0.336 e. The van der Waals surface area contributed by atoms with Gasteiger partial charge in [0.05, 0.1) is 9.85 Å². The molecule has 2 N–H and O–H groups in total. The summed E-state index contributed by atoms with van der Waals surface area (Å²) in [5.41, 5.74) is -3.88. The maximum atomic E-state index is 11.0. The van der Waals surface area contributed by atoms with Crippen LogP contribution in [0.3, 0.4) is 0 Å². The van der Waals surface area contributed by atoms with Crippen molar-refractivity contribution in [3.8, 4) is 0 Å². The fraction of sp³-hybridized carbons (Fsp3) is 0.364. The highest BCUT2D eigenvalue weighted by molar-refractivity contribution is 5.78. The topological polar surface area (TPSA) is 144 Å². The van der Waals surface area contributed by atoms with Crippen LogP contribution in [0.15, 0.2) is 18.2 Å². The summed E-state index contributed by atoms with van der Waals surface area (Å²) in [5, 5.41) is 40.7. The molecule has 0 aliphatic heterocycles. The Morgan fingerprint density at radius 2 is 1.70 bits per heavy atom. The molecule has 0 aromatic heterocycles. The lowest BCUT2D eigenvalue weighted by Gasteiger charge is -2.21. The van der Waals surface area contributed by atoms with Crippen molar-refractivity contribution >= 4 is 17.3 Å². The quantitative estimate of drug-likeness (QED) is 0.591. The van der Waals surface area contributed by atoms with Gasteiger partial charge in [0.1, 0.15) is 5.56 Å². The van der Waals surface area contributed by atoms with Crippen LogP contribution in [0.25, 0.3) is 0 Å². The third kappa shape index (κ3) is 2.88. The van der Waals surface area contributed by atoms with Gasteiger partial charge in [0.2, 0.25) is 0 Å². The fourth-order valence-corrected chi connectivity index (χ4v) is 1.73. The second-order valence-corrected chi connectivity index (χ2v) is 4.16. The van der Waals surface area contributed by atoms with Crippen molar-refractivity contribution in [1.29, 1.82) is 0 Å². The van der Waals surface area contributed by atoms with E-state index in [4.69, 9.17) is 5.11 Å². The van der Waals surface area contributed by atoms with Crippen LogP contribution in [0.5, 0.6) is 0 Å². The first-order valence-corrected chi connectivity index (χ1v) is 5.59. The highest BCUT2D eigenvalue weighted by atomic mass is 16.6. The molecule has 0 radical (unpaired) electrons. The average molecular weight is 284 g/mol. The van der Waals surface area contributed by atoms with E-state index in [1.807, 2.05) is 0 Å². The predicted octanol–water partition coefficient (Wildman–Crippen LogP) is 1.27. The molecule has 0 amide bonds. The zero-order valence-electron chi connectivity index (χ0n) is 10.5. The van der Waals surface area contributed by atoms with Crippen LogP contribution < -0.4 is 0 Å². The summed E-state index contributed by atoms with van der Waals surface area (Å²) in [5.74, 6) is -1.59. The van der Waals surface area contributed by atoms with Crippen molar-refractivity contribution < 1.29 is 24.9 Å². The van der Waals surface area contributed by atoms with E-state index in [0.29, 0.717) is 0 Å². The van der Waals surface area contributed by atoms with Crippen LogP contribution in [0.4, 0.5) is 11.4 Å². The molecule has 0 heterocycles. The molecule has 0 aliphatic carbocycles. The van der Waals surface area contributed by atoms with Gasteiger partial charge in [-0.25, -0.2) is 4.79 Å². The number of benzene rings is 1. The number of carboxylic acids is 1. The normalized spacial score (nSPS) is 13.5. The van der Waals surface area contributed by atoms with Gasteiger partial charge in [-0.15, -0.1) is 0 Å². The summed E-state index contributed by atoms with van der Waals surface area (Å²) in [6.45, 7) is 1.37. The standard InChI is InChI=1S/C11H12N2O7/c1-2-11(16,10(14)15)6-7-8(12(17)18)4-3-5-9(7)13(19)20/h3-5,16H,2,6H2,1H3,(H,14,15). The summed E-state index contributed by atoms with van der Waals surface area (Å²) in [7, 11) is 0. The number of nitrogens with zero attached hydrogens (tertiary/aromatic N) is 2. The summed E-state index contributed by atoms with van der Waals surface area (Å²) >= 11 is 0. The van der Waals surface area contributed by atoms with Crippen molar-refractivity contribution in [1.82, 2.24) is 0 Å². The number of rotatable bonds is 6. The third-order valence-electron chi connectivity index (χ3n) is 2.97. The van der Waals surface area contributed by atoms with E-state index in [2.05, 4.69) is 0 Å². The van der Waals surface area contributed by atoms with Gasteiger partial charge in [-0.1, -0.05) is 6.92 Å². The molecule has 1 unspecified atom stereocenters. The number of carboxylic acid groups (broad SMARTS) is 1. The molecule has 0 saturated heterocycles. The molecule has 9 heteroatoms. The van der Waals surface area contributed by atoms with E-state index in [1.165, 1.54) is 6.92 Å². The SMILES string of the molecule is CCC(O)(Cc1c([N+](=O)[O-])cccc1[N+](=O)[O-])C(=O)O. The molecular formula is C11H12N2O7. The van der Waals surface area contributed by atoms with E-state index in [-0.39, 0.29) is 6.42 Å². The summed E-state index contributed by atoms with van der Waals surface area (Å²) in [4.78, 5) is 31.1. The summed E-state index contributed by atoms with van der Waals surface area (Å²) in [6.07, 6.45) is -0.960. The van der Waals surface area contributed by atoms with Crippen LogP contribution in [-0.4, -0.2) is 31.6 Å². The van der Waals surface area contributed by atoms with Gasteiger partial charge in [0, 0.05) is 18.6 Å². The molecule has 0 spiro atoms. The minimum atomic E-state index is -2.29. The lowest BCUT2D eigenvalue weighted by molar-refractivity contribution is -0.395. The number of aliphatic hydroxyl groups is 1. The monoisotopic (exact) mass is 284 g/mol. The van der Waals surface area contributed by atoms with Gasteiger partial charge in [0.25, 0.3) is 11.4 Å². The second kappa shape index (κ2) is 5.61. The zero-order valence-corrected chi connectivity index (χ0v) is 10.5. The molecule has 1 atom stereocenters. The molecular weight excluding hydrogens is 272 g/mol. The lowest BCUT2D eigenvalue weighted by Crippen LogP contribution is -2.40. The molecule has 0 aliphatic rings. The Morgan fingerprint density at radius 1 is 1.25 bits per heavy atom. The van der Waals surface area contributed by atoms with Gasteiger partial charge in [0.15, 0.2) is 5.60 Å². The van der Waals surface area contributed by atoms with Crippen molar-refractivity contribution in [2.75, 3.05) is 0 Å². The number of aliphatic carboxylic acids is 1. The fourth-order valence-electron chi connectivity index (χ4n) is 1.73. The number of hydrogen-bond donors (Lipinski definition) is 2. The zero-order chi connectivity index (χ0) is 15.5. The van der Waals surface area contributed by atoms with Gasteiger partial charge in [-0.05, 0) is 12.5 Å². The summed E-state index contributed by atoms with van der Waals surface area (Å²) < 4.78 is 0. The highest BCUT2D eigenvalue weighted by Gasteiger charge is 2.39. The van der Waals surface area contributed by atoms with E-state index in [0.717, 1.165) is 18.2 Å². The lowest BCUT2D eigenvalue weighted by atomic mass is 9.90. The number of hydrogen-bond acceptors (Lipinski definition) is 6. The minimum absolute atomic E-state index is 0.245. The van der Waals surface area contributed by atoms with Crippen molar-refractivity contribution in [2.24, 2.45) is 0 Å². The predicted molar refractivity (Wildman–Crippen MR) is 66.3 cm³/mol. The smallest absolute Gasteiger partial charge is 0.336 e. The molecule has 9 nitrogen and oxygen atoms in total. The largest absolute Gasteiger partial charge is 0.479 e. The first-order valence-electron chi connectivity index (χ1n) is 5.59. The minimum Gasteiger partial charge on any atom is -0.479 e. The molecule has 1 aromatic rings. The Balaban J connectivity index is 3.45. The first-order chi connectivity index (χ1) is 9.23. The Bertz CT molecular complexity index is 540. The number of nitro benzene ring substituents is 2. The molecule has 1 aromatic carbocycles. The van der Waals surface area contributed by atoms with Crippen molar-refractivity contribution in [3.63, 3.8) is 0 Å². The van der Waals surface area contributed by atoms with Gasteiger partial charge in [-0.2, -0.15) is 0 Å². The van der Waals surface area contributed by atoms with E-state index in [9.17, 15) is 30.1 Å². The van der Waals surface area contributed by atoms with Crippen LogP contribution in [0, 0.1) is 20.2 Å². The molecule has 20 heavy (non-hydrogen) atoms. The van der Waals surface area contributed by atoms with E-state index < -0.39 is 44.8 Å². The van der Waals surface area contributed by atoms with E-state index >= 15 is 0 Å². The second-order valence-electron chi connectivity index (χ2n) is 4.16. The Labute approximate surface area is 112 Å². The van der Waals surface area contributed by atoms with Gasteiger partial charge in [-0.3, -0.25) is 20.2 Å². The molecule has 0 bridgehead atoms. The molecule has 1 rings (SSSR count). The molecule has 0 fully saturated rings. The molecule has 0 saturated carbocycles. The number of nitro groups is 2. The van der Waals surface area contributed by atoms with Crippen molar-refractivity contribution in [3.05, 3.63) is 44.0 Å². The van der Waals surface area contributed by atoms with Crippen LogP contribution >= 0.6 is 0 Å². The number of carbonyl (C=O) groups is 1. The van der Waals surface area contributed by atoms with Crippen LogP contribution in [0.2, 0.25) is 0 Å². The highest BCUT2D eigenvalue weighted by Crippen LogP contribution is 2.32. The van der Waals surface area contributed by atoms with Gasteiger partial charge >= 0.3 is 5.97 Å². The summed E-state index contributed by atoms with van der Waals surface area (Å²) in [6, 6.07) is 3.19. The van der Waals surface area contributed by atoms with Crippen molar-refractivity contribution in [2.45, 2.75) is 25.4 Å². The Morgan fingerprint density at radius 3 is 2.00 bits per heavy atom. The van der Waals surface area contributed by atoms with Crippen LogP contribution in [-0.2, 0) is 11.2 Å². The Hall–Kier alpha value is -2.55. The van der Waals surface area contributed by atoms with Gasteiger partial charge < -0.3 is 10.2 Å². The Kier molecular flexibility index (Phi) is 4.35. The third-order valence-corrected chi connectivity index (χ3v) is 2.97. The maximum absolute atomic E-state index is 11.0. The first kappa shape index (κ1) is 15.5.